The zero-order valence-electron chi connectivity index (χ0n) is 12.3. The topological polar surface area (TPSA) is 49.9 Å². The minimum atomic E-state index is -0.632. The van der Waals surface area contributed by atoms with Gasteiger partial charge in [-0.3, -0.25) is 9.59 Å². The number of ketones is 1. The fourth-order valence-corrected chi connectivity index (χ4v) is 2.16. The summed E-state index contributed by atoms with van der Waals surface area (Å²) in [5.74, 6) is -0.835. The number of carbonyl (C=O) groups excluding carboxylic acids is 2. The van der Waals surface area contributed by atoms with Gasteiger partial charge in [-0.05, 0) is 26.1 Å². The molecule has 1 aromatic rings. The van der Waals surface area contributed by atoms with Gasteiger partial charge in [-0.15, -0.1) is 0 Å². The molecule has 6 heteroatoms. The third kappa shape index (κ3) is 4.01. The highest BCUT2D eigenvalue weighted by Gasteiger charge is 2.19. The summed E-state index contributed by atoms with van der Waals surface area (Å²) in [6, 6.07) is 4.00. The highest BCUT2D eigenvalue weighted by Crippen LogP contribution is 2.17. The van der Waals surface area contributed by atoms with E-state index in [1.165, 1.54) is 19.1 Å². The molecule has 0 aromatic heterocycles. The van der Waals surface area contributed by atoms with E-state index in [2.05, 4.69) is 4.90 Å². The van der Waals surface area contributed by atoms with E-state index in [4.69, 9.17) is 4.74 Å². The van der Waals surface area contributed by atoms with Crippen molar-refractivity contribution in [2.45, 2.75) is 6.92 Å². The quantitative estimate of drug-likeness (QED) is 0.783. The van der Waals surface area contributed by atoms with Crippen molar-refractivity contribution in [2.24, 2.45) is 0 Å². The zero-order chi connectivity index (χ0) is 15.4. The average molecular weight is 294 g/mol. The van der Waals surface area contributed by atoms with E-state index in [1.807, 2.05) is 7.05 Å². The van der Waals surface area contributed by atoms with Gasteiger partial charge in [0.1, 0.15) is 11.6 Å². The first-order valence-electron chi connectivity index (χ1n) is 6.87. The van der Waals surface area contributed by atoms with Gasteiger partial charge >= 0.3 is 0 Å². The molecular weight excluding hydrogens is 275 g/mol. The molecule has 2 rings (SSSR count). The standard InChI is InChI=1S/C15H19FN2O3/c1-11(19)13-4-3-12(9-14(13)16)21-10-15(20)18-7-5-17(2)6-8-18/h3-4,9H,5-8,10H2,1-2H3. The molecule has 5 nitrogen and oxygen atoms in total. The summed E-state index contributed by atoms with van der Waals surface area (Å²) in [5.41, 5.74) is 0.0211. The molecule has 0 aliphatic carbocycles. The zero-order valence-corrected chi connectivity index (χ0v) is 12.3. The predicted molar refractivity (Wildman–Crippen MR) is 76.0 cm³/mol. The summed E-state index contributed by atoms with van der Waals surface area (Å²) < 4.78 is 18.9. The van der Waals surface area contributed by atoms with Crippen molar-refractivity contribution in [2.75, 3.05) is 39.8 Å². The van der Waals surface area contributed by atoms with Crippen LogP contribution in [0.5, 0.6) is 5.75 Å². The number of benzene rings is 1. The molecule has 21 heavy (non-hydrogen) atoms. The van der Waals surface area contributed by atoms with Crippen molar-refractivity contribution in [1.82, 2.24) is 9.80 Å². The SMILES string of the molecule is CC(=O)c1ccc(OCC(=O)N2CCN(C)CC2)cc1F. The molecule has 0 spiro atoms. The van der Waals surface area contributed by atoms with Gasteiger partial charge < -0.3 is 14.5 Å². The summed E-state index contributed by atoms with van der Waals surface area (Å²) in [6.07, 6.45) is 0. The lowest BCUT2D eigenvalue weighted by molar-refractivity contribution is -0.134. The van der Waals surface area contributed by atoms with E-state index in [1.54, 1.807) is 4.90 Å². The molecule has 0 bridgehead atoms. The minimum absolute atomic E-state index is 0.0211. The predicted octanol–water partition coefficient (Wildman–Crippen LogP) is 1.18. The second kappa shape index (κ2) is 6.67. The van der Waals surface area contributed by atoms with E-state index in [-0.39, 0.29) is 29.6 Å². The maximum atomic E-state index is 13.6. The van der Waals surface area contributed by atoms with Crippen LogP contribution in [0.1, 0.15) is 17.3 Å². The number of hydrogen-bond acceptors (Lipinski definition) is 4. The third-order valence-corrected chi connectivity index (χ3v) is 3.54. The molecule has 1 aliphatic rings. The average Bonchev–Trinajstić information content (AvgIpc) is 2.45. The Morgan fingerprint density at radius 1 is 1.24 bits per heavy atom. The van der Waals surface area contributed by atoms with Crippen molar-refractivity contribution >= 4 is 11.7 Å². The van der Waals surface area contributed by atoms with Crippen molar-refractivity contribution in [3.8, 4) is 5.75 Å². The van der Waals surface area contributed by atoms with Crippen LogP contribution in [0, 0.1) is 5.82 Å². The molecule has 114 valence electrons. The lowest BCUT2D eigenvalue weighted by atomic mass is 10.1. The van der Waals surface area contributed by atoms with Gasteiger partial charge in [0.2, 0.25) is 0 Å². The number of nitrogens with zero attached hydrogens (tertiary/aromatic N) is 2. The molecule has 1 amide bonds. The number of ether oxygens (including phenoxy) is 1. The van der Waals surface area contributed by atoms with Crippen molar-refractivity contribution < 1.29 is 18.7 Å². The van der Waals surface area contributed by atoms with E-state index in [0.29, 0.717) is 13.1 Å². The van der Waals surface area contributed by atoms with Crippen LogP contribution in [0.25, 0.3) is 0 Å². The summed E-state index contributed by atoms with van der Waals surface area (Å²) in [5, 5.41) is 0. The minimum Gasteiger partial charge on any atom is -0.484 e. The second-order valence-corrected chi connectivity index (χ2v) is 5.17. The Morgan fingerprint density at radius 2 is 1.90 bits per heavy atom. The summed E-state index contributed by atoms with van der Waals surface area (Å²) in [7, 11) is 2.01. The maximum Gasteiger partial charge on any atom is 0.260 e. The Kier molecular flexibility index (Phi) is 4.90. The molecule has 1 aromatic carbocycles. The maximum absolute atomic E-state index is 13.6. The first-order chi connectivity index (χ1) is 9.97. The normalized spacial score (nSPS) is 15.9. The van der Waals surface area contributed by atoms with E-state index in [0.717, 1.165) is 19.2 Å². The molecule has 0 N–H and O–H groups in total. The van der Waals surface area contributed by atoms with Gasteiger partial charge in [-0.25, -0.2) is 4.39 Å². The molecule has 1 heterocycles. The van der Waals surface area contributed by atoms with Gasteiger partial charge in [-0.2, -0.15) is 0 Å². The first kappa shape index (κ1) is 15.4. The molecule has 1 saturated heterocycles. The third-order valence-electron chi connectivity index (χ3n) is 3.54. The van der Waals surface area contributed by atoms with Crippen LogP contribution in [0.4, 0.5) is 4.39 Å². The van der Waals surface area contributed by atoms with Crippen LogP contribution in [0.3, 0.4) is 0 Å². The lowest BCUT2D eigenvalue weighted by Gasteiger charge is -2.32. The Bertz CT molecular complexity index is 540. The number of amides is 1. The number of hydrogen-bond donors (Lipinski definition) is 0. The number of rotatable bonds is 4. The molecular formula is C15H19FN2O3. The molecule has 1 aliphatic heterocycles. The van der Waals surface area contributed by atoms with Gasteiger partial charge in [0.25, 0.3) is 5.91 Å². The smallest absolute Gasteiger partial charge is 0.260 e. The number of halogens is 1. The van der Waals surface area contributed by atoms with E-state index in [9.17, 15) is 14.0 Å². The summed E-state index contributed by atoms with van der Waals surface area (Å²) >= 11 is 0. The van der Waals surface area contributed by atoms with E-state index < -0.39 is 5.82 Å². The molecule has 1 fully saturated rings. The van der Waals surface area contributed by atoms with Crippen molar-refractivity contribution in [3.05, 3.63) is 29.6 Å². The number of piperazine rings is 1. The summed E-state index contributed by atoms with van der Waals surface area (Å²) in [6.45, 7) is 4.21. The largest absolute Gasteiger partial charge is 0.484 e. The van der Waals surface area contributed by atoms with Crippen LogP contribution in [0.2, 0.25) is 0 Å². The van der Waals surface area contributed by atoms with Crippen LogP contribution < -0.4 is 4.74 Å². The Morgan fingerprint density at radius 3 is 2.48 bits per heavy atom. The van der Waals surface area contributed by atoms with Gasteiger partial charge in [0, 0.05) is 32.2 Å². The van der Waals surface area contributed by atoms with E-state index >= 15 is 0 Å². The van der Waals surface area contributed by atoms with Crippen LogP contribution >= 0.6 is 0 Å². The lowest BCUT2D eigenvalue weighted by Crippen LogP contribution is -2.48. The summed E-state index contributed by atoms with van der Waals surface area (Å²) in [4.78, 5) is 27.0. The van der Waals surface area contributed by atoms with Gasteiger partial charge in [0.05, 0.1) is 5.56 Å². The Hall–Kier alpha value is -1.95. The number of Topliss-reactive ketones (excluding diaryl/α,β-unsaturated/α-hetero) is 1. The second-order valence-electron chi connectivity index (χ2n) is 5.17. The molecule has 0 unspecified atom stereocenters. The Balaban J connectivity index is 1.89. The molecule has 0 atom stereocenters. The number of likely N-dealkylation sites (N-methyl/N-ethyl adjacent to an activating group) is 1. The highest BCUT2D eigenvalue weighted by atomic mass is 19.1. The van der Waals surface area contributed by atoms with Gasteiger partial charge in [-0.1, -0.05) is 0 Å². The van der Waals surface area contributed by atoms with Crippen LogP contribution in [-0.2, 0) is 4.79 Å². The van der Waals surface area contributed by atoms with Crippen molar-refractivity contribution in [1.29, 1.82) is 0 Å². The fourth-order valence-electron chi connectivity index (χ4n) is 2.16. The molecule has 0 saturated carbocycles. The monoisotopic (exact) mass is 294 g/mol. The first-order valence-corrected chi connectivity index (χ1v) is 6.87. The highest BCUT2D eigenvalue weighted by molar-refractivity contribution is 5.94. The molecule has 0 radical (unpaired) electrons. The number of carbonyl (C=O) groups is 2. The van der Waals surface area contributed by atoms with Crippen LogP contribution in [-0.4, -0.2) is 61.3 Å². The van der Waals surface area contributed by atoms with Crippen LogP contribution in [0.15, 0.2) is 18.2 Å². The van der Waals surface area contributed by atoms with Crippen molar-refractivity contribution in [3.63, 3.8) is 0 Å². The van der Waals surface area contributed by atoms with Gasteiger partial charge in [0.15, 0.2) is 12.4 Å². The Labute approximate surface area is 123 Å². The fraction of sp³-hybridized carbons (Fsp3) is 0.467.